The molecule has 3 atom stereocenters. The molecule has 1 aliphatic rings. The van der Waals surface area contributed by atoms with Gasteiger partial charge in [0.15, 0.2) is 0 Å². The van der Waals surface area contributed by atoms with E-state index in [1.165, 1.54) is 45.3 Å². The molecular weight excluding hydrogens is 716 g/mol. The SMILES string of the molecule is CC.CCCCCCC.COC(=O)CCNC(=O)C(NC(=O)C1=CC(Oc2cc(-c3ccccc3)nc3cc(OC)ccc23)CC1C(=O)NCC(=O)O)C(C)C. The lowest BCUT2D eigenvalue weighted by Gasteiger charge is -2.23. The Kier molecular flexibility index (Phi) is 20.7. The zero-order chi connectivity index (χ0) is 41.6. The van der Waals surface area contributed by atoms with E-state index in [9.17, 15) is 24.0 Å². The molecule has 4 N–H and O–H groups in total. The van der Waals surface area contributed by atoms with Crippen molar-refractivity contribution in [2.75, 3.05) is 27.3 Å². The third-order valence-corrected chi connectivity index (χ3v) is 8.83. The van der Waals surface area contributed by atoms with Crippen LogP contribution in [0.4, 0.5) is 0 Å². The molecule has 3 unspecified atom stereocenters. The first-order valence-corrected chi connectivity index (χ1v) is 19.5. The number of fused-ring (bicyclic) bond motifs is 1. The summed E-state index contributed by atoms with van der Waals surface area (Å²) in [4.78, 5) is 67.2. The van der Waals surface area contributed by atoms with Crippen LogP contribution >= 0.6 is 0 Å². The molecule has 56 heavy (non-hydrogen) atoms. The largest absolute Gasteiger partial charge is 0.497 e. The van der Waals surface area contributed by atoms with Gasteiger partial charge < -0.3 is 35.3 Å². The summed E-state index contributed by atoms with van der Waals surface area (Å²) in [6.07, 6.45) is 7.75. The molecule has 3 amide bonds. The first-order valence-electron chi connectivity index (χ1n) is 19.5. The van der Waals surface area contributed by atoms with Gasteiger partial charge in [0.25, 0.3) is 0 Å². The van der Waals surface area contributed by atoms with E-state index in [-0.39, 0.29) is 30.9 Å². The summed E-state index contributed by atoms with van der Waals surface area (Å²) >= 11 is 0. The van der Waals surface area contributed by atoms with Crippen LogP contribution in [0, 0.1) is 11.8 Å². The van der Waals surface area contributed by atoms with Crippen LogP contribution in [0.3, 0.4) is 0 Å². The van der Waals surface area contributed by atoms with Crippen molar-refractivity contribution in [3.05, 3.63) is 66.2 Å². The Morgan fingerprint density at radius 3 is 2.18 bits per heavy atom. The number of unbranched alkanes of at least 4 members (excludes halogenated alkanes) is 4. The Morgan fingerprint density at radius 2 is 1.59 bits per heavy atom. The van der Waals surface area contributed by atoms with E-state index >= 15 is 0 Å². The number of carbonyl (C=O) groups excluding carboxylic acids is 4. The minimum Gasteiger partial charge on any atom is -0.497 e. The summed E-state index contributed by atoms with van der Waals surface area (Å²) in [5.74, 6) is -3.94. The van der Waals surface area contributed by atoms with Gasteiger partial charge in [-0.3, -0.25) is 24.0 Å². The second kappa shape index (κ2) is 24.8. The fourth-order valence-corrected chi connectivity index (χ4v) is 5.85. The minimum atomic E-state index is -1.24. The van der Waals surface area contributed by atoms with Gasteiger partial charge in [0.1, 0.15) is 30.2 Å². The molecule has 1 aliphatic carbocycles. The number of aliphatic carboxylic acids is 1. The monoisotopic (exact) mass is 776 g/mol. The maximum absolute atomic E-state index is 13.7. The molecule has 0 saturated heterocycles. The van der Waals surface area contributed by atoms with Gasteiger partial charge >= 0.3 is 11.9 Å². The molecule has 3 aromatic rings. The average Bonchev–Trinajstić information content (AvgIpc) is 3.63. The van der Waals surface area contributed by atoms with E-state index in [1.807, 2.05) is 44.2 Å². The molecule has 1 heterocycles. The predicted octanol–water partition coefficient (Wildman–Crippen LogP) is 6.63. The van der Waals surface area contributed by atoms with E-state index < -0.39 is 54.3 Å². The molecule has 13 nitrogen and oxygen atoms in total. The van der Waals surface area contributed by atoms with Crippen molar-refractivity contribution in [2.24, 2.45) is 11.8 Å². The number of carboxylic acids is 1. The maximum Gasteiger partial charge on any atom is 0.322 e. The predicted molar refractivity (Wildman–Crippen MR) is 217 cm³/mol. The van der Waals surface area contributed by atoms with E-state index in [1.54, 1.807) is 45.2 Å². The van der Waals surface area contributed by atoms with Crippen LogP contribution in [0.2, 0.25) is 0 Å². The summed E-state index contributed by atoms with van der Waals surface area (Å²) < 4.78 is 16.4. The number of carbonyl (C=O) groups is 5. The fraction of sp³-hybridized carbons (Fsp3) is 0.488. The zero-order valence-corrected chi connectivity index (χ0v) is 34.1. The van der Waals surface area contributed by atoms with Crippen molar-refractivity contribution in [3.8, 4) is 22.8 Å². The van der Waals surface area contributed by atoms with Crippen LogP contribution in [0.1, 0.15) is 86.5 Å². The van der Waals surface area contributed by atoms with Crippen molar-refractivity contribution in [1.82, 2.24) is 20.9 Å². The second-order valence-corrected chi connectivity index (χ2v) is 13.3. The van der Waals surface area contributed by atoms with Crippen LogP contribution < -0.4 is 25.4 Å². The minimum absolute atomic E-state index is 0.0140. The number of hydrogen-bond donors (Lipinski definition) is 4. The van der Waals surface area contributed by atoms with Gasteiger partial charge in [0.2, 0.25) is 17.7 Å². The molecule has 0 spiro atoms. The number of aromatic nitrogens is 1. The Bertz CT molecular complexity index is 1760. The number of carboxylic acid groups (broad SMARTS) is 1. The molecule has 2 aromatic carbocycles. The number of esters is 1. The summed E-state index contributed by atoms with van der Waals surface area (Å²) in [6.45, 7) is 11.4. The van der Waals surface area contributed by atoms with Crippen molar-refractivity contribution >= 4 is 40.6 Å². The van der Waals surface area contributed by atoms with Gasteiger partial charge in [-0.25, -0.2) is 4.98 Å². The third kappa shape index (κ3) is 14.6. The molecule has 4 rings (SSSR count). The Morgan fingerprint density at radius 1 is 0.911 bits per heavy atom. The summed E-state index contributed by atoms with van der Waals surface area (Å²) in [5, 5.41) is 17.5. The lowest BCUT2D eigenvalue weighted by molar-refractivity contribution is -0.140. The van der Waals surface area contributed by atoms with E-state index in [4.69, 9.17) is 19.6 Å². The maximum atomic E-state index is 13.7. The second-order valence-electron chi connectivity index (χ2n) is 13.3. The number of methoxy groups -OCH3 is 2. The highest BCUT2D eigenvalue weighted by molar-refractivity contribution is 6.03. The molecule has 1 aromatic heterocycles. The smallest absolute Gasteiger partial charge is 0.322 e. The number of rotatable bonds is 18. The number of ether oxygens (including phenoxy) is 3. The highest BCUT2D eigenvalue weighted by Gasteiger charge is 2.38. The van der Waals surface area contributed by atoms with Gasteiger partial charge in [-0.2, -0.15) is 0 Å². The van der Waals surface area contributed by atoms with Crippen LogP contribution in [-0.4, -0.2) is 79.2 Å². The lowest BCUT2D eigenvalue weighted by Crippen LogP contribution is -2.51. The standard InChI is InChI=1S/C34H38N4O9.C7H16.C2H6/c1-19(2)31(34(44)35-13-12-30(41)46-4)38-33(43)25-15-22(14-24(25)32(42)36-18-29(39)40)47-28-17-26(20-8-6-5-7-9-20)37-27-16-21(45-3)10-11-23(27)28;1-3-5-7-6-4-2;1-2/h5-11,15-17,19,22,24,31H,12-14,18H2,1-4H3,(H,35,44)(H,36,42)(H,38,43)(H,39,40);3-7H2,1-2H3;1-2H3. The van der Waals surface area contributed by atoms with Crippen molar-refractivity contribution in [1.29, 1.82) is 0 Å². The van der Waals surface area contributed by atoms with Crippen LogP contribution in [-0.2, 0) is 28.7 Å². The van der Waals surface area contributed by atoms with Crippen LogP contribution in [0.25, 0.3) is 22.2 Å². The van der Waals surface area contributed by atoms with Gasteiger partial charge in [0, 0.05) is 41.6 Å². The van der Waals surface area contributed by atoms with Crippen molar-refractivity contribution < 1.29 is 43.3 Å². The molecule has 0 saturated carbocycles. The number of hydrogen-bond acceptors (Lipinski definition) is 9. The van der Waals surface area contributed by atoms with Gasteiger partial charge in [0.05, 0.1) is 37.8 Å². The zero-order valence-electron chi connectivity index (χ0n) is 34.1. The topological polar surface area (TPSA) is 182 Å². The number of pyridine rings is 1. The Labute approximate surface area is 331 Å². The third-order valence-electron chi connectivity index (χ3n) is 8.83. The Hall–Kier alpha value is -5.46. The van der Waals surface area contributed by atoms with Gasteiger partial charge in [-0.05, 0) is 24.1 Å². The molecule has 0 fully saturated rings. The van der Waals surface area contributed by atoms with E-state index in [2.05, 4.69) is 34.5 Å². The molecule has 306 valence electrons. The number of benzene rings is 2. The highest BCUT2D eigenvalue weighted by Crippen LogP contribution is 2.36. The van der Waals surface area contributed by atoms with E-state index in [0.717, 1.165) is 5.56 Å². The summed E-state index contributed by atoms with van der Waals surface area (Å²) in [6, 6.07) is 15.6. The van der Waals surface area contributed by atoms with Crippen LogP contribution in [0.15, 0.2) is 66.2 Å². The number of nitrogens with one attached hydrogen (secondary N) is 3. The normalized spacial score (nSPS) is 14.8. The molecule has 13 heteroatoms. The number of amides is 3. The Balaban J connectivity index is 0.00000108. The lowest BCUT2D eigenvalue weighted by atomic mass is 9.97. The quantitative estimate of drug-likeness (QED) is 0.0809. The van der Waals surface area contributed by atoms with Crippen molar-refractivity contribution in [2.45, 2.75) is 98.6 Å². The van der Waals surface area contributed by atoms with Gasteiger partial charge in [-0.1, -0.05) is 104 Å². The molecular formula is C43H60N4O9. The van der Waals surface area contributed by atoms with Crippen molar-refractivity contribution in [3.63, 3.8) is 0 Å². The first-order chi connectivity index (χ1) is 26.9. The average molecular weight is 777 g/mol. The van der Waals surface area contributed by atoms with Crippen LogP contribution in [0.5, 0.6) is 11.5 Å². The van der Waals surface area contributed by atoms with Gasteiger partial charge in [-0.15, -0.1) is 0 Å². The first kappa shape index (κ1) is 46.7. The summed E-state index contributed by atoms with van der Waals surface area (Å²) in [5.41, 5.74) is 2.12. The fourth-order valence-electron chi connectivity index (χ4n) is 5.85. The summed E-state index contributed by atoms with van der Waals surface area (Å²) in [7, 11) is 2.80. The number of nitrogens with zero attached hydrogens (tertiary/aromatic N) is 1. The molecule has 0 bridgehead atoms. The van der Waals surface area contributed by atoms with E-state index in [0.29, 0.717) is 28.1 Å². The molecule has 0 aliphatic heterocycles. The highest BCUT2D eigenvalue weighted by atomic mass is 16.5. The molecule has 0 radical (unpaired) electrons.